The normalized spacial score (nSPS) is 20.9. The maximum absolute atomic E-state index is 12.1. The molecule has 0 amide bonds. The molecule has 1 aliphatic heterocycles. The average molecular weight is 292 g/mol. The van der Waals surface area contributed by atoms with Gasteiger partial charge in [-0.05, 0) is 30.0 Å². The molecule has 1 fully saturated rings. The van der Waals surface area contributed by atoms with Crippen LogP contribution < -0.4 is 10.5 Å². The SMILES string of the molecule is NCc1sccc1S(=O)(=O)NCC1CCCS1. The zero-order valence-corrected chi connectivity index (χ0v) is 11.8. The first-order valence-corrected chi connectivity index (χ1v) is 8.92. The predicted octanol–water partition coefficient (Wildman–Crippen LogP) is 1.38. The Morgan fingerprint density at radius 1 is 1.53 bits per heavy atom. The molecule has 1 aromatic rings. The van der Waals surface area contributed by atoms with Gasteiger partial charge in [0.2, 0.25) is 10.0 Å². The molecule has 17 heavy (non-hydrogen) atoms. The average Bonchev–Trinajstić information content (AvgIpc) is 2.97. The summed E-state index contributed by atoms with van der Waals surface area (Å²) in [4.78, 5) is 1.06. The summed E-state index contributed by atoms with van der Waals surface area (Å²) < 4.78 is 26.8. The third-order valence-corrected chi connectivity index (χ3v) is 6.68. The van der Waals surface area contributed by atoms with Crippen LogP contribution in [0.2, 0.25) is 0 Å². The minimum Gasteiger partial charge on any atom is -0.326 e. The van der Waals surface area contributed by atoms with Crippen LogP contribution in [0.5, 0.6) is 0 Å². The van der Waals surface area contributed by atoms with Crippen LogP contribution in [0.25, 0.3) is 0 Å². The summed E-state index contributed by atoms with van der Waals surface area (Å²) in [5, 5.41) is 2.19. The Morgan fingerprint density at radius 3 is 3.00 bits per heavy atom. The van der Waals surface area contributed by atoms with Gasteiger partial charge in [-0.15, -0.1) is 11.3 Å². The molecule has 1 atom stereocenters. The van der Waals surface area contributed by atoms with Crippen LogP contribution >= 0.6 is 23.1 Å². The molecule has 0 radical (unpaired) electrons. The maximum Gasteiger partial charge on any atom is 0.241 e. The van der Waals surface area contributed by atoms with Gasteiger partial charge in [0.15, 0.2) is 0 Å². The standard InChI is InChI=1S/C10H16N2O2S3/c11-6-9-10(3-5-16-9)17(13,14)12-7-8-2-1-4-15-8/h3,5,8,12H,1-2,4,6-7,11H2. The van der Waals surface area contributed by atoms with Crippen molar-refractivity contribution in [2.45, 2.75) is 29.5 Å². The third-order valence-electron chi connectivity index (χ3n) is 2.70. The largest absolute Gasteiger partial charge is 0.326 e. The van der Waals surface area contributed by atoms with Gasteiger partial charge in [0.05, 0.1) is 4.90 Å². The highest BCUT2D eigenvalue weighted by Gasteiger charge is 2.22. The summed E-state index contributed by atoms with van der Waals surface area (Å²) in [6.45, 7) is 0.791. The molecule has 3 N–H and O–H groups in total. The highest BCUT2D eigenvalue weighted by Crippen LogP contribution is 2.26. The van der Waals surface area contributed by atoms with E-state index in [2.05, 4.69) is 4.72 Å². The van der Waals surface area contributed by atoms with Crippen molar-refractivity contribution in [1.29, 1.82) is 0 Å². The molecule has 7 heteroatoms. The monoisotopic (exact) mass is 292 g/mol. The number of hydrogen-bond donors (Lipinski definition) is 2. The van der Waals surface area contributed by atoms with Crippen molar-refractivity contribution in [3.63, 3.8) is 0 Å². The summed E-state index contributed by atoms with van der Waals surface area (Å²) >= 11 is 3.23. The van der Waals surface area contributed by atoms with Crippen molar-refractivity contribution < 1.29 is 8.42 Å². The number of sulfonamides is 1. The van der Waals surface area contributed by atoms with Gasteiger partial charge in [-0.1, -0.05) is 0 Å². The van der Waals surface area contributed by atoms with Crippen molar-refractivity contribution >= 4 is 33.1 Å². The van der Waals surface area contributed by atoms with Crippen molar-refractivity contribution in [3.05, 3.63) is 16.3 Å². The van der Waals surface area contributed by atoms with E-state index in [1.165, 1.54) is 17.8 Å². The fourth-order valence-corrected chi connectivity index (χ4v) is 5.52. The summed E-state index contributed by atoms with van der Waals surface area (Å²) in [6, 6.07) is 1.62. The van der Waals surface area contributed by atoms with E-state index in [4.69, 9.17) is 5.73 Å². The molecule has 1 unspecified atom stereocenters. The van der Waals surface area contributed by atoms with Crippen LogP contribution in [-0.2, 0) is 16.6 Å². The zero-order chi connectivity index (χ0) is 12.3. The van der Waals surface area contributed by atoms with Crippen molar-refractivity contribution in [2.24, 2.45) is 5.73 Å². The minimum atomic E-state index is -3.38. The lowest BCUT2D eigenvalue weighted by Crippen LogP contribution is -2.30. The lowest BCUT2D eigenvalue weighted by molar-refractivity contribution is 0.578. The zero-order valence-electron chi connectivity index (χ0n) is 9.39. The molecular formula is C10H16N2O2S3. The summed E-state index contributed by atoms with van der Waals surface area (Å²) in [5.41, 5.74) is 5.52. The smallest absolute Gasteiger partial charge is 0.241 e. The molecule has 96 valence electrons. The molecule has 0 aromatic carbocycles. The molecule has 2 heterocycles. The number of hydrogen-bond acceptors (Lipinski definition) is 5. The highest BCUT2D eigenvalue weighted by molar-refractivity contribution is 8.00. The molecule has 0 bridgehead atoms. The Hall–Kier alpha value is -0.0800. The van der Waals surface area contributed by atoms with E-state index in [1.807, 2.05) is 11.8 Å². The summed E-state index contributed by atoms with van der Waals surface area (Å²) in [5.74, 6) is 1.14. The number of thiophene rings is 1. The molecule has 1 saturated heterocycles. The Labute approximate surface area is 110 Å². The molecule has 4 nitrogen and oxygen atoms in total. The van der Waals surface area contributed by atoms with Gasteiger partial charge in [-0.25, -0.2) is 13.1 Å². The quantitative estimate of drug-likeness (QED) is 0.860. The van der Waals surface area contributed by atoms with Crippen LogP contribution in [0.1, 0.15) is 17.7 Å². The second-order valence-corrected chi connectivity index (χ2v) is 8.04. The Bertz CT molecular complexity index is 464. The maximum atomic E-state index is 12.1. The van der Waals surface area contributed by atoms with E-state index >= 15 is 0 Å². The molecule has 0 spiro atoms. The topological polar surface area (TPSA) is 72.2 Å². The van der Waals surface area contributed by atoms with Gasteiger partial charge in [0, 0.05) is 23.2 Å². The van der Waals surface area contributed by atoms with E-state index in [0.717, 1.165) is 17.1 Å². The van der Waals surface area contributed by atoms with E-state index in [1.54, 1.807) is 11.4 Å². The van der Waals surface area contributed by atoms with E-state index in [9.17, 15) is 8.42 Å². The van der Waals surface area contributed by atoms with Gasteiger partial charge in [0.1, 0.15) is 0 Å². The summed E-state index contributed by atoms with van der Waals surface area (Å²) in [7, 11) is -3.38. The number of rotatable bonds is 5. The fraction of sp³-hybridized carbons (Fsp3) is 0.600. The van der Waals surface area contributed by atoms with Crippen LogP contribution in [0, 0.1) is 0 Å². The predicted molar refractivity (Wildman–Crippen MR) is 72.9 cm³/mol. The molecular weight excluding hydrogens is 276 g/mol. The van der Waals surface area contributed by atoms with Crippen molar-refractivity contribution in [1.82, 2.24) is 4.72 Å². The van der Waals surface area contributed by atoms with Crippen LogP contribution in [0.15, 0.2) is 16.3 Å². The highest BCUT2D eigenvalue weighted by atomic mass is 32.2. The fourth-order valence-electron chi connectivity index (χ4n) is 1.80. The van der Waals surface area contributed by atoms with Gasteiger partial charge >= 0.3 is 0 Å². The van der Waals surface area contributed by atoms with E-state index in [-0.39, 0.29) is 6.54 Å². The summed E-state index contributed by atoms with van der Waals surface area (Å²) in [6.07, 6.45) is 2.28. The first-order valence-electron chi connectivity index (χ1n) is 5.51. The first kappa shape index (κ1) is 13.4. The van der Waals surface area contributed by atoms with Gasteiger partial charge in [-0.2, -0.15) is 11.8 Å². The molecule has 0 saturated carbocycles. The molecule has 1 aromatic heterocycles. The van der Waals surface area contributed by atoms with Crippen LogP contribution in [-0.4, -0.2) is 26.0 Å². The Kier molecular flexibility index (Phi) is 4.48. The number of nitrogens with two attached hydrogens (primary N) is 1. The number of thioether (sulfide) groups is 1. The lowest BCUT2D eigenvalue weighted by Gasteiger charge is -2.10. The molecule has 2 rings (SSSR count). The lowest BCUT2D eigenvalue weighted by atomic mass is 10.2. The second kappa shape index (κ2) is 5.71. The van der Waals surface area contributed by atoms with Crippen LogP contribution in [0.4, 0.5) is 0 Å². The van der Waals surface area contributed by atoms with Gasteiger partial charge in [0.25, 0.3) is 0 Å². The Morgan fingerprint density at radius 2 is 2.35 bits per heavy atom. The van der Waals surface area contributed by atoms with Crippen molar-refractivity contribution in [2.75, 3.05) is 12.3 Å². The minimum absolute atomic E-state index is 0.270. The van der Waals surface area contributed by atoms with Crippen LogP contribution in [0.3, 0.4) is 0 Å². The van der Waals surface area contributed by atoms with E-state index in [0.29, 0.717) is 16.7 Å². The van der Waals surface area contributed by atoms with Gasteiger partial charge < -0.3 is 5.73 Å². The Balaban J connectivity index is 2.03. The first-order chi connectivity index (χ1) is 8.13. The van der Waals surface area contributed by atoms with Crippen molar-refractivity contribution in [3.8, 4) is 0 Å². The van der Waals surface area contributed by atoms with Gasteiger partial charge in [-0.3, -0.25) is 0 Å². The number of nitrogens with one attached hydrogen (secondary N) is 1. The third kappa shape index (κ3) is 3.23. The molecule has 1 aliphatic rings. The van der Waals surface area contributed by atoms with E-state index < -0.39 is 10.0 Å². The second-order valence-electron chi connectivity index (χ2n) is 3.90. The molecule has 0 aliphatic carbocycles.